The van der Waals surface area contributed by atoms with Gasteiger partial charge in [0.1, 0.15) is 5.82 Å². The fraction of sp³-hybridized carbons (Fsp3) is 0.400. The Hall–Kier alpha value is -2.66. The molecule has 30 heavy (non-hydrogen) atoms. The third-order valence-electron chi connectivity index (χ3n) is 6.33. The molecule has 0 amide bonds. The highest BCUT2D eigenvalue weighted by molar-refractivity contribution is 5.97. The number of nitrogens with zero attached hydrogens (tertiary/aromatic N) is 1. The van der Waals surface area contributed by atoms with Crippen LogP contribution in [0.2, 0.25) is 0 Å². The molecule has 1 saturated carbocycles. The summed E-state index contributed by atoms with van der Waals surface area (Å²) < 4.78 is 15.5. The van der Waals surface area contributed by atoms with Crippen LogP contribution >= 0.6 is 0 Å². The molecule has 0 saturated heterocycles. The van der Waals surface area contributed by atoms with Crippen LogP contribution in [0.1, 0.15) is 59.8 Å². The van der Waals surface area contributed by atoms with Crippen LogP contribution in [0.4, 0.5) is 4.39 Å². The number of hydrogen-bond acceptors (Lipinski definition) is 3. The first-order valence-electron chi connectivity index (χ1n) is 10.7. The van der Waals surface area contributed by atoms with Gasteiger partial charge in [-0.05, 0) is 67.9 Å². The zero-order valence-electron chi connectivity index (χ0n) is 17.6. The van der Waals surface area contributed by atoms with Crippen molar-refractivity contribution in [1.29, 1.82) is 0 Å². The molecule has 0 spiro atoms. The Kier molecular flexibility index (Phi) is 5.91. The van der Waals surface area contributed by atoms with Gasteiger partial charge in [-0.25, -0.2) is 4.39 Å². The Bertz CT molecular complexity index is 1060. The molecule has 2 aromatic carbocycles. The van der Waals surface area contributed by atoms with E-state index in [1.807, 2.05) is 31.2 Å². The minimum atomic E-state index is -1.20. The lowest BCUT2D eigenvalue weighted by atomic mass is 9.87. The van der Waals surface area contributed by atoms with E-state index in [4.69, 9.17) is 0 Å². The van der Waals surface area contributed by atoms with Crippen LogP contribution in [0.5, 0.6) is 0 Å². The molecule has 3 aromatic rings. The molecular weight excluding hydrogens is 379 g/mol. The molecule has 0 aliphatic heterocycles. The van der Waals surface area contributed by atoms with Gasteiger partial charge < -0.3 is 19.8 Å². The minimum Gasteiger partial charge on any atom is -0.543 e. The maximum Gasteiger partial charge on any atom is 0.123 e. The van der Waals surface area contributed by atoms with Gasteiger partial charge in [0.25, 0.3) is 0 Å². The molecule has 158 valence electrons. The van der Waals surface area contributed by atoms with Gasteiger partial charge in [-0.1, -0.05) is 31.2 Å². The van der Waals surface area contributed by atoms with Crippen molar-refractivity contribution in [3.8, 4) is 0 Å². The first-order valence-corrected chi connectivity index (χ1v) is 10.7. The van der Waals surface area contributed by atoms with Crippen LogP contribution in [-0.4, -0.2) is 16.6 Å². The van der Waals surface area contributed by atoms with Crippen molar-refractivity contribution >= 4 is 16.9 Å². The standard InChI is InChI=1S/C25H29FN2O2/c1-16-6-9-20(10-7-16)27-14-22-21-11-8-17(2)12-23(21)28(24(22)25(29)30)15-18-4-3-5-19(26)13-18/h3-5,8,11-13,16,20,27H,6-7,9-10,14-15H2,1-2H3,(H,29,30)/p-1. The molecule has 0 atom stereocenters. The second kappa shape index (κ2) is 8.60. The molecule has 4 rings (SSSR count). The predicted octanol–water partition coefficient (Wildman–Crippen LogP) is 4.17. The van der Waals surface area contributed by atoms with Crippen molar-refractivity contribution in [3.63, 3.8) is 0 Å². The van der Waals surface area contributed by atoms with Crippen molar-refractivity contribution in [2.24, 2.45) is 5.92 Å². The highest BCUT2D eigenvalue weighted by Gasteiger charge is 2.22. The Morgan fingerprint density at radius 2 is 1.93 bits per heavy atom. The lowest BCUT2D eigenvalue weighted by molar-refractivity contribution is -0.255. The number of carbonyl (C=O) groups excluding carboxylic acids is 1. The topological polar surface area (TPSA) is 57.1 Å². The summed E-state index contributed by atoms with van der Waals surface area (Å²) in [5.74, 6) is -0.768. The summed E-state index contributed by atoms with van der Waals surface area (Å²) in [6.45, 7) is 5.03. The van der Waals surface area contributed by atoms with Gasteiger partial charge in [0.15, 0.2) is 0 Å². The fourth-order valence-electron chi connectivity index (χ4n) is 4.64. The normalized spacial score (nSPS) is 19.3. The number of aromatic nitrogens is 1. The summed E-state index contributed by atoms with van der Waals surface area (Å²) in [6, 6.07) is 12.7. The van der Waals surface area contributed by atoms with Gasteiger partial charge in [-0.3, -0.25) is 0 Å². The van der Waals surface area contributed by atoms with Gasteiger partial charge in [-0.15, -0.1) is 0 Å². The molecule has 4 nitrogen and oxygen atoms in total. The lowest BCUT2D eigenvalue weighted by Gasteiger charge is -2.27. The highest BCUT2D eigenvalue weighted by atomic mass is 19.1. The molecule has 5 heteroatoms. The fourth-order valence-corrected chi connectivity index (χ4v) is 4.64. The Morgan fingerprint density at radius 1 is 1.17 bits per heavy atom. The number of hydrogen-bond donors (Lipinski definition) is 1. The lowest BCUT2D eigenvalue weighted by Crippen LogP contribution is -2.34. The van der Waals surface area contributed by atoms with Crippen LogP contribution in [0, 0.1) is 18.7 Å². The smallest absolute Gasteiger partial charge is 0.123 e. The van der Waals surface area contributed by atoms with E-state index in [0.717, 1.165) is 46.4 Å². The average Bonchev–Trinajstić information content (AvgIpc) is 3.00. The van der Waals surface area contributed by atoms with Crippen LogP contribution in [0.3, 0.4) is 0 Å². The number of carboxylic acids is 1. The van der Waals surface area contributed by atoms with Crippen molar-refractivity contribution in [2.75, 3.05) is 0 Å². The molecular formula is C25H28FN2O2-. The quantitative estimate of drug-likeness (QED) is 0.667. The third-order valence-corrected chi connectivity index (χ3v) is 6.33. The van der Waals surface area contributed by atoms with E-state index in [2.05, 4.69) is 12.2 Å². The average molecular weight is 408 g/mol. The summed E-state index contributed by atoms with van der Waals surface area (Å²) in [4.78, 5) is 12.2. The van der Waals surface area contributed by atoms with Gasteiger partial charge in [-0.2, -0.15) is 0 Å². The number of carboxylic acid groups (broad SMARTS) is 1. The molecule has 0 bridgehead atoms. The van der Waals surface area contributed by atoms with E-state index in [-0.39, 0.29) is 18.1 Å². The molecule has 1 N–H and O–H groups in total. The molecule has 1 heterocycles. The highest BCUT2D eigenvalue weighted by Crippen LogP contribution is 2.30. The molecule has 1 aliphatic carbocycles. The van der Waals surface area contributed by atoms with E-state index in [9.17, 15) is 14.3 Å². The monoisotopic (exact) mass is 407 g/mol. The van der Waals surface area contributed by atoms with E-state index >= 15 is 0 Å². The second-order valence-electron chi connectivity index (χ2n) is 8.69. The van der Waals surface area contributed by atoms with Gasteiger partial charge in [0.2, 0.25) is 0 Å². The van der Waals surface area contributed by atoms with Crippen molar-refractivity contribution in [2.45, 2.75) is 58.7 Å². The summed E-state index contributed by atoms with van der Waals surface area (Å²) in [5, 5.41) is 16.7. The van der Waals surface area contributed by atoms with E-state index in [0.29, 0.717) is 12.6 Å². The Labute approximate surface area is 176 Å². The number of rotatable bonds is 6. The maximum atomic E-state index is 13.7. The zero-order chi connectivity index (χ0) is 21.3. The third kappa shape index (κ3) is 4.26. The predicted molar refractivity (Wildman–Crippen MR) is 115 cm³/mol. The molecule has 1 aromatic heterocycles. The van der Waals surface area contributed by atoms with Crippen molar-refractivity contribution < 1.29 is 14.3 Å². The van der Waals surface area contributed by atoms with Gasteiger partial charge in [0.05, 0.1) is 11.7 Å². The number of halogens is 1. The molecule has 1 aliphatic rings. The number of benzene rings is 2. The zero-order valence-corrected chi connectivity index (χ0v) is 17.6. The van der Waals surface area contributed by atoms with Crippen LogP contribution in [0.15, 0.2) is 42.5 Å². The molecule has 0 radical (unpaired) electrons. The number of aromatic carboxylic acids is 1. The number of fused-ring (bicyclic) bond motifs is 1. The summed E-state index contributed by atoms with van der Waals surface area (Å²) >= 11 is 0. The largest absolute Gasteiger partial charge is 0.543 e. The summed E-state index contributed by atoms with van der Waals surface area (Å²) in [5.41, 5.74) is 3.53. The van der Waals surface area contributed by atoms with Crippen molar-refractivity contribution in [3.05, 3.63) is 70.7 Å². The van der Waals surface area contributed by atoms with Crippen LogP contribution in [-0.2, 0) is 13.1 Å². The molecule has 0 unspecified atom stereocenters. The first kappa shape index (κ1) is 20.6. The minimum absolute atomic E-state index is 0.177. The van der Waals surface area contributed by atoms with E-state index in [1.165, 1.54) is 25.0 Å². The number of nitrogens with one attached hydrogen (secondary N) is 1. The van der Waals surface area contributed by atoms with Gasteiger partial charge in [0, 0.05) is 35.6 Å². The van der Waals surface area contributed by atoms with E-state index in [1.54, 1.807) is 10.6 Å². The maximum absolute atomic E-state index is 13.7. The number of carbonyl (C=O) groups is 1. The Balaban J connectivity index is 1.73. The Morgan fingerprint density at radius 3 is 2.63 bits per heavy atom. The SMILES string of the molecule is Cc1ccc2c(CNC3CCC(C)CC3)c(C(=O)[O-])n(Cc3cccc(F)c3)c2c1. The number of aryl methyl sites for hydroxylation is 1. The van der Waals surface area contributed by atoms with Crippen LogP contribution in [0.25, 0.3) is 10.9 Å². The van der Waals surface area contributed by atoms with E-state index < -0.39 is 5.97 Å². The van der Waals surface area contributed by atoms with Gasteiger partial charge >= 0.3 is 0 Å². The molecule has 1 fully saturated rings. The van der Waals surface area contributed by atoms with Crippen molar-refractivity contribution in [1.82, 2.24) is 9.88 Å². The first-order chi connectivity index (χ1) is 14.4. The van der Waals surface area contributed by atoms with Crippen LogP contribution < -0.4 is 10.4 Å². The second-order valence-corrected chi connectivity index (χ2v) is 8.69. The summed E-state index contributed by atoms with van der Waals surface area (Å²) in [7, 11) is 0. The summed E-state index contributed by atoms with van der Waals surface area (Å²) in [6.07, 6.45) is 4.63.